The van der Waals surface area contributed by atoms with E-state index in [0.29, 0.717) is 0 Å². The molecule has 0 aromatic rings. The van der Waals surface area contributed by atoms with Crippen molar-refractivity contribution < 1.29 is 53.5 Å². The first-order valence-corrected chi connectivity index (χ1v) is 2.65. The van der Waals surface area contributed by atoms with Crippen LogP contribution < -0.4 is 48.9 Å². The third-order valence-corrected chi connectivity index (χ3v) is 0. The van der Waals surface area contributed by atoms with Crippen LogP contribution in [0.5, 0.6) is 0 Å². The van der Waals surface area contributed by atoms with Crippen LogP contribution in [-0.4, -0.2) is 0 Å². The van der Waals surface area contributed by atoms with Crippen LogP contribution in [0.3, 0.4) is 0 Å². The van der Waals surface area contributed by atoms with Crippen LogP contribution in [0.15, 0.2) is 0 Å². The van der Waals surface area contributed by atoms with Crippen molar-refractivity contribution >= 4 is 19.7 Å². The number of phosphoric acid groups is 1. The minimum atomic E-state index is -5.39. The minimum absolute atomic E-state index is 0. The van der Waals surface area contributed by atoms with Crippen LogP contribution in [0.2, 0.25) is 0 Å². The van der Waals surface area contributed by atoms with Gasteiger partial charge >= 0.3 is 29.6 Å². The van der Waals surface area contributed by atoms with Gasteiger partial charge in [0.25, 0.3) is 0 Å². The molecule has 0 bridgehead atoms. The van der Waals surface area contributed by atoms with E-state index in [1.165, 1.54) is 0 Å². The average Bonchev–Trinajstić information content (AvgIpc) is 1.36. The Balaban J connectivity index is -0.0000000750. The second-order valence-electron chi connectivity index (χ2n) is 0.447. The molecular formula is ClNaO5P-3. The maximum atomic E-state index is 8.55. The Labute approximate surface area is 73.0 Å². The van der Waals surface area contributed by atoms with Gasteiger partial charge in [-0.15, -0.1) is 0 Å². The largest absolute Gasteiger partial charge is 1.00 e. The summed E-state index contributed by atoms with van der Waals surface area (Å²) in [7, 11) is -5.39. The maximum absolute atomic E-state index is 8.55. The fraction of sp³-hybridized carbons (Fsp3) is 0. The fourth-order valence-electron chi connectivity index (χ4n) is 0. The van der Waals surface area contributed by atoms with Gasteiger partial charge in [0, 0.05) is 0 Å². The van der Waals surface area contributed by atoms with Crippen LogP contribution in [0.1, 0.15) is 0 Å². The van der Waals surface area contributed by atoms with Crippen LogP contribution in [-0.2, 0) is 4.57 Å². The molecule has 0 saturated carbocycles. The van der Waals surface area contributed by atoms with E-state index in [9.17, 15) is 0 Å². The Morgan fingerprint density at radius 1 is 1.12 bits per heavy atom. The summed E-state index contributed by atoms with van der Waals surface area (Å²) in [5, 5.41) is 0. The van der Waals surface area contributed by atoms with E-state index in [1.54, 1.807) is 0 Å². The standard InChI is InChI=1S/ClO.Na.H3O4P/c1-2;;1-5(2,3)4/h;;(H3,1,2,3,4)/q-1;+1;/p-3. The van der Waals surface area contributed by atoms with Gasteiger partial charge in [0.2, 0.25) is 0 Å². The second kappa shape index (κ2) is 8.36. The number of halogens is 1. The zero-order valence-electron chi connectivity index (χ0n) is 3.87. The summed E-state index contributed by atoms with van der Waals surface area (Å²) < 4.78 is 16.3. The van der Waals surface area contributed by atoms with E-state index >= 15 is 0 Å². The molecule has 0 aromatic heterocycles. The zero-order valence-corrected chi connectivity index (χ0v) is 7.52. The van der Waals surface area contributed by atoms with Crippen LogP contribution in [0.4, 0.5) is 0 Å². The predicted octanol–water partition coefficient (Wildman–Crippen LogP) is -6.32. The molecule has 0 N–H and O–H groups in total. The van der Waals surface area contributed by atoms with E-state index < -0.39 is 7.82 Å². The Morgan fingerprint density at radius 2 is 1.12 bits per heavy atom. The summed E-state index contributed by atoms with van der Waals surface area (Å²) >= 11 is 3.39. The molecule has 5 nitrogen and oxygen atoms in total. The summed E-state index contributed by atoms with van der Waals surface area (Å²) in [5.74, 6) is 0. The van der Waals surface area contributed by atoms with Crippen molar-refractivity contribution in [2.45, 2.75) is 0 Å². The van der Waals surface area contributed by atoms with Gasteiger partial charge in [-0.1, -0.05) is 0 Å². The van der Waals surface area contributed by atoms with Crippen LogP contribution in [0.25, 0.3) is 0 Å². The molecule has 0 aliphatic heterocycles. The molecule has 0 saturated heterocycles. The number of hydrogen-bond acceptors (Lipinski definition) is 5. The topological polar surface area (TPSA) is 109 Å². The molecular weight excluding hydrogens is 169 g/mol. The van der Waals surface area contributed by atoms with Crippen molar-refractivity contribution in [1.29, 1.82) is 0 Å². The van der Waals surface area contributed by atoms with Gasteiger partial charge in [0.15, 0.2) is 0 Å². The predicted molar refractivity (Wildman–Crippen MR) is 13.5 cm³/mol. The average molecular weight is 169 g/mol. The smallest absolute Gasteiger partial charge is 0.822 e. The van der Waals surface area contributed by atoms with E-state index in [1.807, 2.05) is 0 Å². The summed E-state index contributed by atoms with van der Waals surface area (Å²) in [5.41, 5.74) is 0. The molecule has 0 rings (SSSR count). The molecule has 0 aromatic carbocycles. The van der Waals surface area contributed by atoms with Gasteiger partial charge in [0.05, 0.1) is 0 Å². The monoisotopic (exact) mass is 169 g/mol. The molecule has 8 heavy (non-hydrogen) atoms. The molecule has 46 valence electrons. The third-order valence-electron chi connectivity index (χ3n) is 0. The zero-order chi connectivity index (χ0) is 6.50. The molecule has 0 unspecified atom stereocenters. The van der Waals surface area contributed by atoms with Crippen molar-refractivity contribution in [3.8, 4) is 0 Å². The molecule has 0 aliphatic carbocycles. The second-order valence-corrected chi connectivity index (χ2v) is 1.34. The Bertz CT molecular complexity index is 58.6. The summed E-state index contributed by atoms with van der Waals surface area (Å²) in [6.45, 7) is 0. The molecule has 0 radical (unpaired) electrons. The molecule has 0 fully saturated rings. The molecule has 0 heterocycles. The van der Waals surface area contributed by atoms with Gasteiger partial charge in [-0.3, -0.25) is 0 Å². The van der Waals surface area contributed by atoms with E-state index in [2.05, 4.69) is 11.9 Å². The molecule has 0 amide bonds. The van der Waals surface area contributed by atoms with Gasteiger partial charge in [-0.05, 0) is 0 Å². The quantitative estimate of drug-likeness (QED) is 0.265. The Hall–Kier alpha value is 1.36. The van der Waals surface area contributed by atoms with Crippen molar-refractivity contribution in [2.24, 2.45) is 0 Å². The number of rotatable bonds is 0. The Morgan fingerprint density at radius 3 is 1.12 bits per heavy atom. The van der Waals surface area contributed by atoms with Crippen LogP contribution in [0, 0.1) is 0 Å². The first-order chi connectivity index (χ1) is 3.00. The van der Waals surface area contributed by atoms with Gasteiger partial charge in [0.1, 0.15) is 0 Å². The molecule has 0 atom stereocenters. The van der Waals surface area contributed by atoms with E-state index in [4.69, 9.17) is 23.9 Å². The Kier molecular flexibility index (Phi) is 16.9. The number of hydrogen-bond donors (Lipinski definition) is 0. The van der Waals surface area contributed by atoms with E-state index in [0.717, 1.165) is 0 Å². The SMILES string of the molecule is O=P([O-])([O-])[O-].[Na+].[O-]Cl. The third kappa shape index (κ3) is 161. The first kappa shape index (κ1) is 16.2. The summed E-state index contributed by atoms with van der Waals surface area (Å²) in [4.78, 5) is 25.6. The molecule has 8 heteroatoms. The van der Waals surface area contributed by atoms with Gasteiger partial charge < -0.3 is 23.9 Å². The maximum Gasteiger partial charge on any atom is 1.00 e. The summed E-state index contributed by atoms with van der Waals surface area (Å²) in [6, 6.07) is 0. The van der Waals surface area contributed by atoms with Crippen molar-refractivity contribution in [3.05, 3.63) is 0 Å². The fourth-order valence-corrected chi connectivity index (χ4v) is 0. The normalized spacial score (nSPS) is 8.12. The molecule has 0 aliphatic rings. The first-order valence-electron chi connectivity index (χ1n) is 0.885. The van der Waals surface area contributed by atoms with Crippen LogP contribution >= 0.6 is 19.7 Å². The minimum Gasteiger partial charge on any atom is -0.822 e. The van der Waals surface area contributed by atoms with Crippen molar-refractivity contribution in [1.82, 2.24) is 0 Å². The van der Waals surface area contributed by atoms with Gasteiger partial charge in [-0.2, -0.15) is 7.82 Å². The molecule has 0 spiro atoms. The van der Waals surface area contributed by atoms with Crippen molar-refractivity contribution in [3.63, 3.8) is 0 Å². The van der Waals surface area contributed by atoms with E-state index in [-0.39, 0.29) is 29.6 Å². The summed E-state index contributed by atoms with van der Waals surface area (Å²) in [6.07, 6.45) is 0. The van der Waals surface area contributed by atoms with Gasteiger partial charge in [-0.25, -0.2) is 11.9 Å². The van der Waals surface area contributed by atoms with Crippen molar-refractivity contribution in [2.75, 3.05) is 0 Å².